The predicted molar refractivity (Wildman–Crippen MR) is 57.8 cm³/mol. The Morgan fingerprint density at radius 2 is 2.29 bits per heavy atom. The largest absolute Gasteiger partial charge is 0.338 e. The molecule has 0 aromatic carbocycles. The summed E-state index contributed by atoms with van der Waals surface area (Å²) in [6.07, 6.45) is 5.67. The van der Waals surface area contributed by atoms with Crippen LogP contribution in [-0.4, -0.2) is 29.9 Å². The van der Waals surface area contributed by atoms with Crippen molar-refractivity contribution in [2.45, 2.75) is 32.7 Å². The topological polar surface area (TPSA) is 46.3 Å². The molecule has 80 valence electrons. The van der Waals surface area contributed by atoms with E-state index in [1.54, 1.807) is 6.08 Å². The summed E-state index contributed by atoms with van der Waals surface area (Å²) in [7, 11) is 0. The molecule has 2 N–H and O–H groups in total. The highest BCUT2D eigenvalue weighted by molar-refractivity contribution is 5.87. The number of hydrogen-bond acceptors (Lipinski definition) is 2. The van der Waals surface area contributed by atoms with Crippen molar-refractivity contribution in [1.82, 2.24) is 4.90 Å². The second-order valence-corrected chi connectivity index (χ2v) is 4.29. The average Bonchev–Trinajstić information content (AvgIpc) is 2.14. The molecule has 0 radical (unpaired) electrons. The number of carbonyl (C=O) groups excluding carboxylic acids is 1. The first-order valence-electron chi connectivity index (χ1n) is 5.32. The highest BCUT2D eigenvalue weighted by Crippen LogP contribution is 2.08. The Kier molecular flexibility index (Phi) is 4.14. The van der Waals surface area contributed by atoms with Crippen molar-refractivity contribution in [3.05, 3.63) is 12.2 Å². The van der Waals surface area contributed by atoms with Gasteiger partial charge in [0.2, 0.25) is 5.91 Å². The second kappa shape index (κ2) is 5.15. The van der Waals surface area contributed by atoms with Gasteiger partial charge in [-0.25, -0.2) is 0 Å². The molecule has 1 atom stereocenters. The molecule has 1 aliphatic heterocycles. The number of rotatable bonds is 2. The smallest absolute Gasteiger partial charge is 0.246 e. The molecule has 1 fully saturated rings. The van der Waals surface area contributed by atoms with Crippen LogP contribution < -0.4 is 5.73 Å². The van der Waals surface area contributed by atoms with E-state index in [9.17, 15) is 4.79 Å². The van der Waals surface area contributed by atoms with Crippen LogP contribution in [0.4, 0.5) is 0 Å². The number of allylic oxidation sites excluding steroid dienone is 1. The van der Waals surface area contributed by atoms with Gasteiger partial charge in [0.25, 0.3) is 0 Å². The molecule has 1 unspecified atom stereocenters. The van der Waals surface area contributed by atoms with Crippen LogP contribution >= 0.6 is 0 Å². The minimum absolute atomic E-state index is 0.105. The van der Waals surface area contributed by atoms with Crippen molar-refractivity contribution < 1.29 is 4.79 Å². The van der Waals surface area contributed by atoms with Gasteiger partial charge in [-0.3, -0.25) is 4.79 Å². The molecule has 1 saturated heterocycles. The van der Waals surface area contributed by atoms with Crippen LogP contribution in [0.1, 0.15) is 26.7 Å². The minimum Gasteiger partial charge on any atom is -0.338 e. The van der Waals surface area contributed by atoms with E-state index < -0.39 is 0 Å². The van der Waals surface area contributed by atoms with Crippen LogP contribution in [0, 0.1) is 5.92 Å². The Labute approximate surface area is 86.0 Å². The number of amides is 1. The summed E-state index contributed by atoms with van der Waals surface area (Å²) in [5, 5.41) is 0. The van der Waals surface area contributed by atoms with Gasteiger partial charge >= 0.3 is 0 Å². The predicted octanol–water partition coefficient (Wildman–Crippen LogP) is 1.15. The zero-order valence-corrected chi connectivity index (χ0v) is 9.07. The molecule has 0 saturated carbocycles. The third-order valence-electron chi connectivity index (χ3n) is 2.39. The van der Waals surface area contributed by atoms with Crippen molar-refractivity contribution in [1.29, 1.82) is 0 Å². The maximum absolute atomic E-state index is 11.6. The summed E-state index contributed by atoms with van der Waals surface area (Å²) in [6.45, 7) is 5.69. The van der Waals surface area contributed by atoms with Gasteiger partial charge in [0.1, 0.15) is 0 Å². The molecule has 3 heteroatoms. The zero-order valence-electron chi connectivity index (χ0n) is 9.07. The Bertz CT molecular complexity index is 223. The molecule has 3 nitrogen and oxygen atoms in total. The SMILES string of the molecule is CC(C)/C=C/C(=O)N1CCCC(N)C1. The molecule has 1 rings (SSSR count). The lowest BCUT2D eigenvalue weighted by molar-refractivity contribution is -0.127. The fourth-order valence-electron chi connectivity index (χ4n) is 1.59. The Morgan fingerprint density at radius 3 is 2.86 bits per heavy atom. The standard InChI is InChI=1S/C11H20N2O/c1-9(2)5-6-11(14)13-7-3-4-10(12)8-13/h5-6,9-10H,3-4,7-8,12H2,1-2H3/b6-5+. The van der Waals surface area contributed by atoms with E-state index >= 15 is 0 Å². The van der Waals surface area contributed by atoms with Gasteiger partial charge in [-0.15, -0.1) is 0 Å². The van der Waals surface area contributed by atoms with E-state index in [2.05, 4.69) is 13.8 Å². The summed E-state index contributed by atoms with van der Waals surface area (Å²) in [6, 6.07) is 0.167. The summed E-state index contributed by atoms with van der Waals surface area (Å²) in [5.74, 6) is 0.534. The van der Waals surface area contributed by atoms with Gasteiger partial charge < -0.3 is 10.6 Å². The van der Waals surface area contributed by atoms with Gasteiger partial charge in [-0.1, -0.05) is 19.9 Å². The zero-order chi connectivity index (χ0) is 10.6. The first kappa shape index (κ1) is 11.2. The molecule has 14 heavy (non-hydrogen) atoms. The molecular weight excluding hydrogens is 176 g/mol. The van der Waals surface area contributed by atoms with Crippen molar-refractivity contribution in [3.8, 4) is 0 Å². The van der Waals surface area contributed by atoms with E-state index in [4.69, 9.17) is 5.73 Å². The maximum atomic E-state index is 11.6. The van der Waals surface area contributed by atoms with Crippen LogP contribution in [-0.2, 0) is 4.79 Å². The van der Waals surface area contributed by atoms with Crippen LogP contribution in [0.15, 0.2) is 12.2 Å². The van der Waals surface area contributed by atoms with Crippen molar-refractivity contribution in [3.63, 3.8) is 0 Å². The molecular formula is C11H20N2O. The van der Waals surface area contributed by atoms with E-state index in [1.807, 2.05) is 11.0 Å². The average molecular weight is 196 g/mol. The van der Waals surface area contributed by atoms with Crippen LogP contribution in [0.5, 0.6) is 0 Å². The molecule has 0 aliphatic carbocycles. The van der Waals surface area contributed by atoms with Gasteiger partial charge in [0, 0.05) is 19.1 Å². The fraction of sp³-hybridized carbons (Fsp3) is 0.727. The third-order valence-corrected chi connectivity index (χ3v) is 2.39. The molecule has 1 aliphatic rings. The summed E-state index contributed by atoms with van der Waals surface area (Å²) in [5.41, 5.74) is 5.80. The van der Waals surface area contributed by atoms with Crippen molar-refractivity contribution >= 4 is 5.91 Å². The minimum atomic E-state index is 0.105. The molecule has 0 bridgehead atoms. The van der Waals surface area contributed by atoms with Gasteiger partial charge in [0.15, 0.2) is 0 Å². The monoisotopic (exact) mass is 196 g/mol. The van der Waals surface area contributed by atoms with Crippen molar-refractivity contribution in [2.75, 3.05) is 13.1 Å². The van der Waals surface area contributed by atoms with Gasteiger partial charge in [-0.2, -0.15) is 0 Å². The highest BCUT2D eigenvalue weighted by atomic mass is 16.2. The molecule has 1 amide bonds. The lowest BCUT2D eigenvalue weighted by Crippen LogP contribution is -2.45. The lowest BCUT2D eigenvalue weighted by Gasteiger charge is -2.29. The van der Waals surface area contributed by atoms with Gasteiger partial charge in [-0.05, 0) is 24.8 Å². The summed E-state index contributed by atoms with van der Waals surface area (Å²) >= 11 is 0. The van der Waals surface area contributed by atoms with E-state index in [1.165, 1.54) is 0 Å². The molecule has 0 aromatic rings. The van der Waals surface area contributed by atoms with Gasteiger partial charge in [0.05, 0.1) is 0 Å². The number of nitrogens with zero attached hydrogens (tertiary/aromatic N) is 1. The van der Waals surface area contributed by atoms with E-state index in [-0.39, 0.29) is 11.9 Å². The first-order valence-corrected chi connectivity index (χ1v) is 5.32. The normalized spacial score (nSPS) is 23.4. The second-order valence-electron chi connectivity index (χ2n) is 4.29. The maximum Gasteiger partial charge on any atom is 0.246 e. The Balaban J connectivity index is 2.43. The molecule has 0 aromatic heterocycles. The molecule has 1 heterocycles. The van der Waals surface area contributed by atoms with Crippen LogP contribution in [0.25, 0.3) is 0 Å². The number of likely N-dealkylation sites (tertiary alicyclic amines) is 1. The first-order chi connectivity index (χ1) is 6.59. The number of nitrogens with two attached hydrogens (primary N) is 1. The highest BCUT2D eigenvalue weighted by Gasteiger charge is 2.19. The third kappa shape index (κ3) is 3.50. The van der Waals surface area contributed by atoms with E-state index in [0.717, 1.165) is 19.4 Å². The number of carbonyl (C=O) groups is 1. The van der Waals surface area contributed by atoms with Crippen LogP contribution in [0.2, 0.25) is 0 Å². The molecule has 0 spiro atoms. The van der Waals surface area contributed by atoms with E-state index in [0.29, 0.717) is 12.5 Å². The van der Waals surface area contributed by atoms with Crippen molar-refractivity contribution in [2.24, 2.45) is 11.7 Å². The fourth-order valence-corrected chi connectivity index (χ4v) is 1.59. The Hall–Kier alpha value is -0.830. The van der Waals surface area contributed by atoms with Crippen LogP contribution in [0.3, 0.4) is 0 Å². The summed E-state index contributed by atoms with van der Waals surface area (Å²) in [4.78, 5) is 13.5. The number of hydrogen-bond donors (Lipinski definition) is 1. The Morgan fingerprint density at radius 1 is 1.57 bits per heavy atom. The quantitative estimate of drug-likeness (QED) is 0.673. The summed E-state index contributed by atoms with van der Waals surface area (Å²) < 4.78 is 0. The number of piperidine rings is 1. The lowest BCUT2D eigenvalue weighted by atomic mass is 10.1.